The van der Waals surface area contributed by atoms with Gasteiger partial charge in [-0.1, -0.05) is 6.42 Å². The molecule has 3 nitrogen and oxygen atoms in total. The van der Waals surface area contributed by atoms with Crippen LogP contribution in [0.25, 0.3) is 0 Å². The van der Waals surface area contributed by atoms with Crippen LogP contribution in [0.15, 0.2) is 0 Å². The first kappa shape index (κ1) is 11.5. The number of methoxy groups -OCH3 is 1. The molecule has 0 unspecified atom stereocenters. The van der Waals surface area contributed by atoms with Crippen LogP contribution in [-0.2, 0) is 9.53 Å². The second kappa shape index (κ2) is 4.78. The van der Waals surface area contributed by atoms with E-state index in [1.807, 2.05) is 13.8 Å². The van der Waals surface area contributed by atoms with Crippen LogP contribution in [0.4, 0.5) is 0 Å². The SMILES string of the molecule is COC(=O)C(C)(C)CNCC1CCC1. The highest BCUT2D eigenvalue weighted by molar-refractivity contribution is 5.76. The van der Waals surface area contributed by atoms with Gasteiger partial charge in [-0.2, -0.15) is 0 Å². The van der Waals surface area contributed by atoms with Gasteiger partial charge >= 0.3 is 5.97 Å². The summed E-state index contributed by atoms with van der Waals surface area (Å²) in [6.45, 7) is 5.57. The smallest absolute Gasteiger partial charge is 0.312 e. The van der Waals surface area contributed by atoms with Crippen molar-refractivity contribution in [3.05, 3.63) is 0 Å². The lowest BCUT2D eigenvalue weighted by atomic mass is 9.85. The van der Waals surface area contributed by atoms with Crippen molar-refractivity contribution < 1.29 is 9.53 Å². The van der Waals surface area contributed by atoms with Gasteiger partial charge < -0.3 is 10.1 Å². The maximum atomic E-state index is 11.3. The highest BCUT2D eigenvalue weighted by Crippen LogP contribution is 2.25. The van der Waals surface area contributed by atoms with Crippen molar-refractivity contribution in [1.82, 2.24) is 5.32 Å². The maximum Gasteiger partial charge on any atom is 0.312 e. The minimum Gasteiger partial charge on any atom is -0.469 e. The average Bonchev–Trinajstić information content (AvgIpc) is 2.08. The first-order valence-corrected chi connectivity index (χ1v) is 5.35. The van der Waals surface area contributed by atoms with Crippen LogP contribution in [0, 0.1) is 11.3 Å². The van der Waals surface area contributed by atoms with E-state index in [2.05, 4.69) is 5.32 Å². The molecule has 1 aliphatic carbocycles. The zero-order valence-electron chi connectivity index (χ0n) is 9.43. The quantitative estimate of drug-likeness (QED) is 0.683. The van der Waals surface area contributed by atoms with Crippen molar-refractivity contribution in [2.45, 2.75) is 33.1 Å². The van der Waals surface area contributed by atoms with E-state index in [1.165, 1.54) is 26.4 Å². The predicted molar refractivity (Wildman–Crippen MR) is 56.0 cm³/mol. The Morgan fingerprint density at radius 3 is 2.57 bits per heavy atom. The summed E-state index contributed by atoms with van der Waals surface area (Å²) >= 11 is 0. The van der Waals surface area contributed by atoms with Crippen LogP contribution in [0.5, 0.6) is 0 Å². The third-order valence-electron chi connectivity index (χ3n) is 2.96. The Labute approximate surface area is 86.2 Å². The third kappa shape index (κ3) is 2.98. The van der Waals surface area contributed by atoms with Gasteiger partial charge in [0.05, 0.1) is 12.5 Å². The molecular weight excluding hydrogens is 178 g/mol. The number of carbonyl (C=O) groups is 1. The molecule has 0 aromatic heterocycles. The van der Waals surface area contributed by atoms with E-state index in [9.17, 15) is 4.79 Å². The maximum absolute atomic E-state index is 11.3. The van der Waals surface area contributed by atoms with Crippen LogP contribution in [0.3, 0.4) is 0 Å². The molecule has 1 saturated carbocycles. The van der Waals surface area contributed by atoms with Gasteiger partial charge in [-0.15, -0.1) is 0 Å². The second-order valence-corrected chi connectivity index (χ2v) is 4.80. The third-order valence-corrected chi connectivity index (χ3v) is 2.96. The van der Waals surface area contributed by atoms with Gasteiger partial charge in [-0.3, -0.25) is 4.79 Å². The van der Waals surface area contributed by atoms with Gasteiger partial charge in [-0.05, 0) is 39.2 Å². The second-order valence-electron chi connectivity index (χ2n) is 4.80. The molecule has 0 heterocycles. The molecule has 3 heteroatoms. The Hall–Kier alpha value is -0.570. The zero-order valence-corrected chi connectivity index (χ0v) is 9.43. The summed E-state index contributed by atoms with van der Waals surface area (Å²) in [4.78, 5) is 11.3. The summed E-state index contributed by atoms with van der Waals surface area (Å²) in [6, 6.07) is 0. The number of carbonyl (C=O) groups excluding carboxylic acids is 1. The average molecular weight is 199 g/mol. The Balaban J connectivity index is 2.17. The largest absolute Gasteiger partial charge is 0.469 e. The zero-order chi connectivity index (χ0) is 10.6. The molecule has 0 aliphatic heterocycles. The van der Waals surface area contributed by atoms with Crippen LogP contribution in [0.2, 0.25) is 0 Å². The number of nitrogens with one attached hydrogen (secondary N) is 1. The number of esters is 1. The van der Waals surface area contributed by atoms with Crippen molar-refractivity contribution in [2.24, 2.45) is 11.3 Å². The van der Waals surface area contributed by atoms with Crippen molar-refractivity contribution >= 4 is 5.97 Å². The highest BCUT2D eigenvalue weighted by Gasteiger charge is 2.28. The van der Waals surface area contributed by atoms with E-state index in [1.54, 1.807) is 0 Å². The summed E-state index contributed by atoms with van der Waals surface area (Å²) in [5, 5.41) is 3.34. The molecular formula is C11H21NO2. The molecule has 0 aromatic rings. The number of hydrogen-bond acceptors (Lipinski definition) is 3. The number of rotatable bonds is 5. The fraction of sp³-hybridized carbons (Fsp3) is 0.909. The summed E-state index contributed by atoms with van der Waals surface area (Å²) in [7, 11) is 1.44. The molecule has 14 heavy (non-hydrogen) atoms. The Morgan fingerprint density at radius 1 is 1.50 bits per heavy atom. The van der Waals surface area contributed by atoms with Crippen LogP contribution >= 0.6 is 0 Å². The predicted octanol–water partition coefficient (Wildman–Crippen LogP) is 1.58. The lowest BCUT2D eigenvalue weighted by Gasteiger charge is -2.28. The number of hydrogen-bond donors (Lipinski definition) is 1. The summed E-state index contributed by atoms with van der Waals surface area (Å²) in [5.41, 5.74) is -0.404. The van der Waals surface area contributed by atoms with Crippen molar-refractivity contribution in [2.75, 3.05) is 20.2 Å². The fourth-order valence-electron chi connectivity index (χ4n) is 1.63. The lowest BCUT2D eigenvalue weighted by molar-refractivity contribution is -0.150. The van der Waals surface area contributed by atoms with Crippen LogP contribution < -0.4 is 5.32 Å². The van der Waals surface area contributed by atoms with Crippen LogP contribution in [0.1, 0.15) is 33.1 Å². The van der Waals surface area contributed by atoms with Crippen molar-refractivity contribution in [1.29, 1.82) is 0 Å². The standard InChI is InChI=1S/C11H21NO2/c1-11(2,10(13)14-3)8-12-7-9-5-4-6-9/h9,12H,4-8H2,1-3H3. The monoisotopic (exact) mass is 199 g/mol. The first-order chi connectivity index (χ1) is 6.56. The molecule has 0 spiro atoms. The van der Waals surface area contributed by atoms with Gasteiger partial charge in [0.25, 0.3) is 0 Å². The molecule has 1 aliphatic rings. The molecule has 1 N–H and O–H groups in total. The van der Waals surface area contributed by atoms with E-state index >= 15 is 0 Å². The molecule has 0 bridgehead atoms. The molecule has 1 rings (SSSR count). The molecule has 0 saturated heterocycles. The summed E-state index contributed by atoms with van der Waals surface area (Å²) in [5.74, 6) is 0.696. The van der Waals surface area contributed by atoms with Crippen molar-refractivity contribution in [3.8, 4) is 0 Å². The molecule has 0 atom stereocenters. The van der Waals surface area contributed by atoms with Crippen molar-refractivity contribution in [3.63, 3.8) is 0 Å². The first-order valence-electron chi connectivity index (χ1n) is 5.35. The lowest BCUT2D eigenvalue weighted by Crippen LogP contribution is -2.39. The molecule has 1 fully saturated rings. The molecule has 0 radical (unpaired) electrons. The minimum atomic E-state index is -0.404. The van der Waals surface area contributed by atoms with Gasteiger partial charge in [0.2, 0.25) is 0 Å². The minimum absolute atomic E-state index is 0.140. The molecule has 0 aromatic carbocycles. The van der Waals surface area contributed by atoms with E-state index in [4.69, 9.17) is 4.74 Å². The molecule has 82 valence electrons. The fourth-order valence-corrected chi connectivity index (χ4v) is 1.63. The van der Waals surface area contributed by atoms with E-state index in [-0.39, 0.29) is 5.97 Å². The Bertz CT molecular complexity index is 197. The molecule has 0 amide bonds. The van der Waals surface area contributed by atoms with Crippen LogP contribution in [-0.4, -0.2) is 26.2 Å². The Kier molecular flexibility index (Phi) is 3.93. The van der Waals surface area contributed by atoms with E-state index in [0.29, 0.717) is 6.54 Å². The van der Waals surface area contributed by atoms with Gasteiger partial charge in [0.1, 0.15) is 0 Å². The van der Waals surface area contributed by atoms with E-state index < -0.39 is 5.41 Å². The number of ether oxygens (including phenoxy) is 1. The van der Waals surface area contributed by atoms with Gasteiger partial charge in [0.15, 0.2) is 0 Å². The summed E-state index contributed by atoms with van der Waals surface area (Å²) in [6.07, 6.45) is 4.05. The van der Waals surface area contributed by atoms with Gasteiger partial charge in [-0.25, -0.2) is 0 Å². The normalized spacial score (nSPS) is 17.6. The Morgan fingerprint density at radius 2 is 2.14 bits per heavy atom. The summed E-state index contributed by atoms with van der Waals surface area (Å²) < 4.78 is 4.73. The van der Waals surface area contributed by atoms with E-state index in [0.717, 1.165) is 12.5 Å². The topological polar surface area (TPSA) is 38.3 Å². The van der Waals surface area contributed by atoms with Gasteiger partial charge in [0, 0.05) is 6.54 Å². The highest BCUT2D eigenvalue weighted by atomic mass is 16.5.